The minimum absolute atomic E-state index is 0.164. The molecule has 1 fully saturated rings. The summed E-state index contributed by atoms with van der Waals surface area (Å²) >= 11 is 0. The van der Waals surface area contributed by atoms with E-state index in [-0.39, 0.29) is 5.54 Å². The van der Waals surface area contributed by atoms with Crippen molar-refractivity contribution in [2.45, 2.75) is 37.3 Å². The zero-order valence-corrected chi connectivity index (χ0v) is 11.1. The van der Waals surface area contributed by atoms with Gasteiger partial charge in [-0.05, 0) is 53.4 Å². The molecule has 0 aromatic carbocycles. The van der Waals surface area contributed by atoms with Crippen LogP contribution in [0.25, 0.3) is 0 Å². The van der Waals surface area contributed by atoms with Crippen molar-refractivity contribution in [3.05, 3.63) is 0 Å². The Morgan fingerprint density at radius 3 is 2.29 bits per heavy atom. The van der Waals surface area contributed by atoms with Gasteiger partial charge in [0.05, 0.1) is 0 Å². The summed E-state index contributed by atoms with van der Waals surface area (Å²) in [5.41, 5.74) is 5.64. The third-order valence-corrected chi connectivity index (χ3v) is 4.03. The minimum atomic E-state index is -0.772. The van der Waals surface area contributed by atoms with Crippen LogP contribution in [0.1, 0.15) is 25.7 Å². The normalized spacial score (nSPS) is 20.4. The van der Waals surface area contributed by atoms with Crippen LogP contribution in [0.15, 0.2) is 0 Å². The summed E-state index contributed by atoms with van der Waals surface area (Å²) in [7, 11) is 6.04. The number of nitrogens with zero attached hydrogens (tertiary/aromatic N) is 2. The molecule has 0 bridgehead atoms. The monoisotopic (exact) mass is 243 g/mol. The molecule has 1 aliphatic rings. The molecule has 0 heterocycles. The average Bonchev–Trinajstić information content (AvgIpc) is 2.18. The Labute approximate surface area is 104 Å². The summed E-state index contributed by atoms with van der Waals surface area (Å²) in [5.74, 6) is -0.772. The molecule has 0 aromatic rings. The van der Waals surface area contributed by atoms with Crippen LogP contribution in [0.2, 0.25) is 0 Å². The highest BCUT2D eigenvalue weighted by Gasteiger charge is 2.41. The first-order chi connectivity index (χ1) is 7.93. The highest BCUT2D eigenvalue weighted by atomic mass is 16.4. The van der Waals surface area contributed by atoms with E-state index < -0.39 is 12.0 Å². The molecule has 1 atom stereocenters. The van der Waals surface area contributed by atoms with Gasteiger partial charge in [-0.25, -0.2) is 0 Å². The zero-order chi connectivity index (χ0) is 13.1. The van der Waals surface area contributed by atoms with E-state index >= 15 is 0 Å². The largest absolute Gasteiger partial charge is 0.480 e. The van der Waals surface area contributed by atoms with Crippen LogP contribution in [0, 0.1) is 0 Å². The van der Waals surface area contributed by atoms with E-state index in [4.69, 9.17) is 5.73 Å². The molecule has 17 heavy (non-hydrogen) atoms. The van der Waals surface area contributed by atoms with Crippen LogP contribution in [0.4, 0.5) is 0 Å². The van der Waals surface area contributed by atoms with E-state index in [0.29, 0.717) is 13.0 Å². The van der Waals surface area contributed by atoms with E-state index in [1.807, 2.05) is 11.9 Å². The SMILES string of the molecule is CN(CC1(N(C)C)CCC1)C(CCN)C(=O)O. The van der Waals surface area contributed by atoms with Crippen LogP contribution in [-0.4, -0.2) is 66.7 Å². The highest BCUT2D eigenvalue weighted by molar-refractivity contribution is 5.73. The molecule has 0 radical (unpaired) electrons. The summed E-state index contributed by atoms with van der Waals surface area (Å²) in [6, 6.07) is -0.461. The van der Waals surface area contributed by atoms with Crippen LogP contribution in [0.5, 0.6) is 0 Å². The summed E-state index contributed by atoms with van der Waals surface area (Å²) < 4.78 is 0. The number of hydrogen-bond donors (Lipinski definition) is 2. The first-order valence-corrected chi connectivity index (χ1v) is 6.23. The van der Waals surface area contributed by atoms with Crippen molar-refractivity contribution in [2.75, 3.05) is 34.2 Å². The van der Waals surface area contributed by atoms with E-state index in [0.717, 1.165) is 19.4 Å². The van der Waals surface area contributed by atoms with Gasteiger partial charge >= 0.3 is 5.97 Å². The van der Waals surface area contributed by atoms with Crippen molar-refractivity contribution in [3.63, 3.8) is 0 Å². The molecule has 0 spiro atoms. The van der Waals surface area contributed by atoms with Crippen LogP contribution >= 0.6 is 0 Å². The van der Waals surface area contributed by atoms with Crippen molar-refractivity contribution < 1.29 is 9.90 Å². The second kappa shape index (κ2) is 5.80. The quantitative estimate of drug-likeness (QED) is 0.668. The van der Waals surface area contributed by atoms with Gasteiger partial charge in [0.2, 0.25) is 0 Å². The van der Waals surface area contributed by atoms with Gasteiger partial charge < -0.3 is 15.7 Å². The fourth-order valence-electron chi connectivity index (χ4n) is 2.60. The molecular weight excluding hydrogens is 218 g/mol. The average molecular weight is 243 g/mol. The van der Waals surface area contributed by atoms with Gasteiger partial charge in [-0.3, -0.25) is 9.69 Å². The Bertz CT molecular complexity index is 264. The molecule has 0 aliphatic heterocycles. The molecular formula is C12H25N3O2. The lowest BCUT2D eigenvalue weighted by Crippen LogP contribution is -2.59. The lowest BCUT2D eigenvalue weighted by molar-refractivity contribution is -0.144. The summed E-state index contributed by atoms with van der Waals surface area (Å²) in [4.78, 5) is 15.4. The van der Waals surface area contributed by atoms with Gasteiger partial charge in [0.15, 0.2) is 0 Å². The third kappa shape index (κ3) is 3.18. The number of likely N-dealkylation sites (N-methyl/N-ethyl adjacent to an activating group) is 2. The Kier molecular flexibility index (Phi) is 4.91. The summed E-state index contributed by atoms with van der Waals surface area (Å²) in [6.45, 7) is 1.22. The summed E-state index contributed by atoms with van der Waals surface area (Å²) in [6.07, 6.45) is 4.05. The van der Waals surface area contributed by atoms with E-state index in [1.165, 1.54) is 6.42 Å². The number of hydrogen-bond acceptors (Lipinski definition) is 4. The van der Waals surface area contributed by atoms with Crippen LogP contribution in [-0.2, 0) is 4.79 Å². The number of nitrogens with two attached hydrogens (primary N) is 1. The predicted molar refractivity (Wildman–Crippen MR) is 68.0 cm³/mol. The Morgan fingerprint density at radius 1 is 1.41 bits per heavy atom. The summed E-state index contributed by atoms with van der Waals surface area (Å²) in [5, 5.41) is 9.19. The highest BCUT2D eigenvalue weighted by Crippen LogP contribution is 2.37. The first-order valence-electron chi connectivity index (χ1n) is 6.23. The maximum Gasteiger partial charge on any atom is 0.320 e. The van der Waals surface area contributed by atoms with E-state index in [2.05, 4.69) is 19.0 Å². The van der Waals surface area contributed by atoms with Gasteiger partial charge in [-0.15, -0.1) is 0 Å². The predicted octanol–water partition coefficient (Wildman–Crippen LogP) is 0.205. The lowest BCUT2D eigenvalue weighted by Gasteiger charge is -2.50. The number of rotatable bonds is 7. The Hall–Kier alpha value is -0.650. The van der Waals surface area contributed by atoms with Crippen molar-refractivity contribution in [2.24, 2.45) is 5.73 Å². The molecule has 0 aromatic heterocycles. The molecule has 5 heteroatoms. The fraction of sp³-hybridized carbons (Fsp3) is 0.917. The molecule has 3 N–H and O–H groups in total. The van der Waals surface area contributed by atoms with Crippen LogP contribution < -0.4 is 5.73 Å². The number of aliphatic carboxylic acids is 1. The van der Waals surface area contributed by atoms with Crippen molar-refractivity contribution in [1.82, 2.24) is 9.80 Å². The maximum absolute atomic E-state index is 11.2. The van der Waals surface area contributed by atoms with Gasteiger partial charge in [0, 0.05) is 12.1 Å². The van der Waals surface area contributed by atoms with Gasteiger partial charge in [0.1, 0.15) is 6.04 Å². The Morgan fingerprint density at radius 2 is 2.00 bits per heavy atom. The number of carbonyl (C=O) groups is 1. The smallest absolute Gasteiger partial charge is 0.320 e. The zero-order valence-electron chi connectivity index (χ0n) is 11.1. The molecule has 5 nitrogen and oxygen atoms in total. The maximum atomic E-state index is 11.2. The van der Waals surface area contributed by atoms with E-state index in [1.54, 1.807) is 0 Å². The molecule has 0 amide bonds. The molecule has 1 saturated carbocycles. The molecule has 100 valence electrons. The van der Waals surface area contributed by atoms with Crippen molar-refractivity contribution in [3.8, 4) is 0 Å². The third-order valence-electron chi connectivity index (χ3n) is 4.03. The topological polar surface area (TPSA) is 69.8 Å². The Balaban J connectivity index is 2.62. The second-order valence-electron chi connectivity index (χ2n) is 5.32. The van der Waals surface area contributed by atoms with Gasteiger partial charge in [0.25, 0.3) is 0 Å². The van der Waals surface area contributed by atoms with Crippen molar-refractivity contribution in [1.29, 1.82) is 0 Å². The minimum Gasteiger partial charge on any atom is -0.480 e. The first kappa shape index (κ1) is 14.4. The number of carboxylic acid groups (broad SMARTS) is 1. The fourth-order valence-corrected chi connectivity index (χ4v) is 2.60. The standard InChI is InChI=1S/C12H25N3O2/c1-14(2)12(6-4-7-12)9-15(3)10(5-8-13)11(16)17/h10H,4-9,13H2,1-3H3,(H,16,17). The van der Waals surface area contributed by atoms with Gasteiger partial charge in [-0.1, -0.05) is 0 Å². The second-order valence-corrected chi connectivity index (χ2v) is 5.32. The molecule has 0 saturated heterocycles. The lowest BCUT2D eigenvalue weighted by atomic mass is 9.75. The van der Waals surface area contributed by atoms with Crippen LogP contribution in [0.3, 0.4) is 0 Å². The number of carboxylic acids is 1. The molecule has 1 unspecified atom stereocenters. The van der Waals surface area contributed by atoms with Gasteiger partial charge in [-0.2, -0.15) is 0 Å². The van der Waals surface area contributed by atoms with E-state index in [9.17, 15) is 9.90 Å². The molecule has 1 aliphatic carbocycles. The van der Waals surface area contributed by atoms with Crippen molar-refractivity contribution >= 4 is 5.97 Å². The molecule has 1 rings (SSSR count).